The molecule has 2 aliphatic heterocycles. The molecule has 0 aliphatic carbocycles. The van der Waals surface area contributed by atoms with Crippen LogP contribution in [-0.2, 0) is 4.79 Å². The van der Waals surface area contributed by atoms with E-state index in [0.29, 0.717) is 23.9 Å². The second-order valence-corrected chi connectivity index (χ2v) is 7.41. The van der Waals surface area contributed by atoms with E-state index in [1.807, 2.05) is 13.0 Å². The topological polar surface area (TPSA) is 56.2 Å². The van der Waals surface area contributed by atoms with Gasteiger partial charge in [0.2, 0.25) is 0 Å². The molecule has 0 unspecified atom stereocenters. The Balaban J connectivity index is 1.53. The number of hydrogen-bond donors (Lipinski definition) is 1. The van der Waals surface area contributed by atoms with E-state index in [9.17, 15) is 9.90 Å². The minimum atomic E-state index is -0.496. The molecule has 0 aromatic heterocycles. The Hall–Kier alpha value is -1.34. The molecule has 1 aromatic rings. The predicted octanol–water partition coefficient (Wildman–Crippen LogP) is 0.846. The number of hydrogen-bond acceptors (Lipinski definition) is 5. The first kappa shape index (κ1) is 18.5. The summed E-state index contributed by atoms with van der Waals surface area (Å²) >= 11 is 5.93. The largest absolute Gasteiger partial charge is 0.483 e. The minimum absolute atomic E-state index is 0.0231. The van der Waals surface area contributed by atoms with Crippen molar-refractivity contribution in [2.75, 3.05) is 52.9 Å². The van der Waals surface area contributed by atoms with Gasteiger partial charge in [0.05, 0.1) is 12.1 Å². The van der Waals surface area contributed by atoms with Crippen molar-refractivity contribution in [1.29, 1.82) is 0 Å². The average Bonchev–Trinajstić information content (AvgIpc) is 2.96. The lowest BCUT2D eigenvalue weighted by atomic mass is 10.1. The van der Waals surface area contributed by atoms with Crippen molar-refractivity contribution in [2.45, 2.75) is 19.1 Å². The maximum atomic E-state index is 12.5. The second kappa shape index (κ2) is 7.91. The van der Waals surface area contributed by atoms with Gasteiger partial charge in [-0.1, -0.05) is 11.6 Å². The summed E-state index contributed by atoms with van der Waals surface area (Å²) < 4.78 is 5.64. The van der Waals surface area contributed by atoms with Crippen LogP contribution < -0.4 is 4.74 Å². The predicted molar refractivity (Wildman–Crippen MR) is 97.1 cm³/mol. The van der Waals surface area contributed by atoms with Crippen LogP contribution in [0.25, 0.3) is 0 Å². The Labute approximate surface area is 153 Å². The second-order valence-electron chi connectivity index (χ2n) is 6.97. The number of ether oxygens (including phenoxy) is 1. The van der Waals surface area contributed by atoms with Crippen molar-refractivity contribution >= 4 is 17.5 Å². The van der Waals surface area contributed by atoms with Crippen LogP contribution in [0.5, 0.6) is 5.75 Å². The van der Waals surface area contributed by atoms with E-state index in [1.165, 1.54) is 0 Å². The SMILES string of the molecule is Cc1cc(Cl)ccc1OCC(=O)N1C[C@H](O)[C@@H](N2CCN(C)CC2)C1. The number of likely N-dealkylation sites (tertiary alicyclic amines) is 1. The summed E-state index contributed by atoms with van der Waals surface area (Å²) in [5, 5.41) is 11.0. The number of amides is 1. The number of aryl methyl sites for hydroxylation is 1. The number of carbonyl (C=O) groups excluding carboxylic acids is 1. The van der Waals surface area contributed by atoms with Gasteiger partial charge in [-0.3, -0.25) is 9.69 Å². The molecule has 0 radical (unpaired) electrons. The molecule has 1 aromatic carbocycles. The number of β-amino-alcohol motifs (C(OH)–C–C–N with tert-alkyl or cyclic N) is 1. The maximum Gasteiger partial charge on any atom is 0.260 e. The van der Waals surface area contributed by atoms with E-state index in [0.717, 1.165) is 31.7 Å². The lowest BCUT2D eigenvalue weighted by molar-refractivity contribution is -0.132. The first-order chi connectivity index (χ1) is 11.9. The number of carbonyl (C=O) groups is 1. The average molecular weight is 368 g/mol. The Morgan fingerprint density at radius 3 is 2.68 bits per heavy atom. The van der Waals surface area contributed by atoms with E-state index >= 15 is 0 Å². The molecule has 2 saturated heterocycles. The van der Waals surface area contributed by atoms with Gasteiger partial charge in [0.1, 0.15) is 5.75 Å². The standard InChI is InChI=1S/C18H26ClN3O3/c1-13-9-14(19)3-4-17(13)25-12-18(24)22-10-15(16(23)11-22)21-7-5-20(2)6-8-21/h3-4,9,15-16,23H,5-8,10-12H2,1-2H3/t15-,16-/m0/s1. The number of rotatable bonds is 4. The van der Waals surface area contributed by atoms with E-state index in [1.54, 1.807) is 17.0 Å². The quantitative estimate of drug-likeness (QED) is 0.855. The third-order valence-corrected chi connectivity index (χ3v) is 5.34. The van der Waals surface area contributed by atoms with Crippen LogP contribution in [0.1, 0.15) is 5.56 Å². The van der Waals surface area contributed by atoms with Crippen molar-refractivity contribution in [3.05, 3.63) is 28.8 Å². The molecule has 0 saturated carbocycles. The molecule has 1 amide bonds. The van der Waals surface area contributed by atoms with Crippen LogP contribution in [0.15, 0.2) is 18.2 Å². The third kappa shape index (κ3) is 4.44. The molecular weight excluding hydrogens is 342 g/mol. The maximum absolute atomic E-state index is 12.5. The van der Waals surface area contributed by atoms with Crippen LogP contribution in [-0.4, -0.2) is 90.8 Å². The lowest BCUT2D eigenvalue weighted by Crippen LogP contribution is -2.52. The summed E-state index contributed by atoms with van der Waals surface area (Å²) in [6.07, 6.45) is -0.496. The van der Waals surface area contributed by atoms with E-state index < -0.39 is 6.10 Å². The van der Waals surface area contributed by atoms with Gasteiger partial charge in [-0.05, 0) is 37.7 Å². The van der Waals surface area contributed by atoms with Gasteiger partial charge in [0, 0.05) is 44.3 Å². The van der Waals surface area contributed by atoms with E-state index in [-0.39, 0.29) is 18.6 Å². The van der Waals surface area contributed by atoms with Crippen LogP contribution in [0.2, 0.25) is 5.02 Å². The number of likely N-dealkylation sites (N-methyl/N-ethyl adjacent to an activating group) is 1. The lowest BCUT2D eigenvalue weighted by Gasteiger charge is -2.37. The van der Waals surface area contributed by atoms with Gasteiger partial charge in [-0.25, -0.2) is 0 Å². The molecule has 0 bridgehead atoms. The molecule has 7 heteroatoms. The molecule has 2 heterocycles. The van der Waals surface area contributed by atoms with Crippen LogP contribution in [0.3, 0.4) is 0 Å². The van der Waals surface area contributed by atoms with Gasteiger partial charge >= 0.3 is 0 Å². The summed E-state index contributed by atoms with van der Waals surface area (Å²) in [6.45, 7) is 6.67. The molecule has 2 atom stereocenters. The number of piperazine rings is 1. The summed E-state index contributed by atoms with van der Waals surface area (Å²) in [7, 11) is 2.11. The zero-order chi connectivity index (χ0) is 18.0. The highest BCUT2D eigenvalue weighted by atomic mass is 35.5. The number of nitrogens with zero attached hydrogens (tertiary/aromatic N) is 3. The molecule has 25 heavy (non-hydrogen) atoms. The minimum Gasteiger partial charge on any atom is -0.483 e. The highest BCUT2D eigenvalue weighted by molar-refractivity contribution is 6.30. The summed E-state index contributed by atoms with van der Waals surface area (Å²) in [6, 6.07) is 5.35. The van der Waals surface area contributed by atoms with Gasteiger partial charge in [0.25, 0.3) is 5.91 Å². The van der Waals surface area contributed by atoms with Crippen molar-refractivity contribution in [2.24, 2.45) is 0 Å². The Bertz CT molecular complexity index is 620. The molecule has 138 valence electrons. The fraction of sp³-hybridized carbons (Fsp3) is 0.611. The van der Waals surface area contributed by atoms with Crippen molar-refractivity contribution in [3.8, 4) is 5.75 Å². The highest BCUT2D eigenvalue weighted by Gasteiger charge is 2.38. The Kier molecular flexibility index (Phi) is 5.84. The summed E-state index contributed by atoms with van der Waals surface area (Å²) in [5.74, 6) is 0.568. The first-order valence-electron chi connectivity index (χ1n) is 8.71. The number of aliphatic hydroxyl groups excluding tert-OH is 1. The van der Waals surface area contributed by atoms with Gasteiger partial charge in [-0.2, -0.15) is 0 Å². The fourth-order valence-electron chi connectivity index (χ4n) is 3.49. The molecule has 1 N–H and O–H groups in total. The molecule has 3 rings (SSSR count). The number of aliphatic hydroxyl groups is 1. The fourth-order valence-corrected chi connectivity index (χ4v) is 3.72. The van der Waals surface area contributed by atoms with Crippen LogP contribution in [0, 0.1) is 6.92 Å². The van der Waals surface area contributed by atoms with E-state index in [2.05, 4.69) is 16.8 Å². The van der Waals surface area contributed by atoms with Crippen molar-refractivity contribution in [3.63, 3.8) is 0 Å². The van der Waals surface area contributed by atoms with Gasteiger partial charge in [-0.15, -0.1) is 0 Å². The smallest absolute Gasteiger partial charge is 0.260 e. The highest BCUT2D eigenvalue weighted by Crippen LogP contribution is 2.22. The molecule has 6 nitrogen and oxygen atoms in total. The van der Waals surface area contributed by atoms with Crippen molar-refractivity contribution < 1.29 is 14.6 Å². The molecule has 2 fully saturated rings. The van der Waals surface area contributed by atoms with E-state index in [4.69, 9.17) is 16.3 Å². The number of benzene rings is 1. The Morgan fingerprint density at radius 1 is 1.28 bits per heavy atom. The van der Waals surface area contributed by atoms with Gasteiger partial charge < -0.3 is 19.6 Å². The van der Waals surface area contributed by atoms with Gasteiger partial charge in [0.15, 0.2) is 6.61 Å². The molecule has 2 aliphatic rings. The number of halogens is 1. The first-order valence-corrected chi connectivity index (χ1v) is 9.09. The van der Waals surface area contributed by atoms with Crippen LogP contribution in [0.4, 0.5) is 0 Å². The summed E-state index contributed by atoms with van der Waals surface area (Å²) in [5.41, 5.74) is 0.900. The zero-order valence-electron chi connectivity index (χ0n) is 14.8. The monoisotopic (exact) mass is 367 g/mol. The zero-order valence-corrected chi connectivity index (χ0v) is 15.6. The molecular formula is C18H26ClN3O3. The third-order valence-electron chi connectivity index (χ3n) is 5.11. The Morgan fingerprint density at radius 2 is 2.00 bits per heavy atom. The van der Waals surface area contributed by atoms with Crippen LogP contribution >= 0.6 is 11.6 Å². The molecule has 0 spiro atoms. The van der Waals surface area contributed by atoms with Crippen molar-refractivity contribution in [1.82, 2.24) is 14.7 Å². The summed E-state index contributed by atoms with van der Waals surface area (Å²) in [4.78, 5) is 18.7. The normalized spacial score (nSPS) is 25.4.